The van der Waals surface area contributed by atoms with Gasteiger partial charge in [0.25, 0.3) is 0 Å². The van der Waals surface area contributed by atoms with Crippen LogP contribution in [0.4, 0.5) is 5.69 Å². The molecule has 8 heteroatoms. The fourth-order valence-corrected chi connectivity index (χ4v) is 5.54. The van der Waals surface area contributed by atoms with Gasteiger partial charge in [0.2, 0.25) is 5.75 Å². The smallest absolute Gasteiger partial charge is 0.340 e. The number of carbonyl (C=O) groups excluding carboxylic acids is 1. The predicted molar refractivity (Wildman–Crippen MR) is 140 cm³/mol. The Labute approximate surface area is 214 Å². The molecule has 0 unspecified atom stereocenters. The van der Waals surface area contributed by atoms with Crippen LogP contribution in [0.1, 0.15) is 66.7 Å². The second-order valence-electron chi connectivity index (χ2n) is 9.31. The Balaban J connectivity index is 1.79. The zero-order valence-electron chi connectivity index (χ0n) is 20.8. The third-order valence-electron chi connectivity index (χ3n) is 7.14. The molecule has 0 spiro atoms. The van der Waals surface area contributed by atoms with Gasteiger partial charge in [-0.25, -0.2) is 4.79 Å². The number of esters is 1. The number of nitro groups is 1. The van der Waals surface area contributed by atoms with Crippen LogP contribution in [0.3, 0.4) is 0 Å². The average Bonchev–Trinajstić information content (AvgIpc) is 3.21. The van der Waals surface area contributed by atoms with Crippen LogP contribution in [0.5, 0.6) is 11.5 Å². The van der Waals surface area contributed by atoms with E-state index >= 15 is 0 Å². The van der Waals surface area contributed by atoms with Crippen molar-refractivity contribution in [2.24, 2.45) is 0 Å². The first-order valence-electron chi connectivity index (χ1n) is 12.5. The summed E-state index contributed by atoms with van der Waals surface area (Å²) in [5, 5.41) is 23.3. The number of benzene rings is 3. The third kappa shape index (κ3) is 4.27. The number of fused-ring (bicyclic) bond motifs is 3. The summed E-state index contributed by atoms with van der Waals surface area (Å²) in [6, 6.07) is 15.8. The maximum Gasteiger partial charge on any atom is 0.340 e. The lowest BCUT2D eigenvalue weighted by Crippen LogP contribution is -2.15. The minimum absolute atomic E-state index is 0.0228. The number of nitriles is 1. The van der Waals surface area contributed by atoms with Crippen molar-refractivity contribution in [3.63, 3.8) is 0 Å². The van der Waals surface area contributed by atoms with Crippen LogP contribution in [0.15, 0.2) is 48.5 Å². The molecular weight excluding hydrogens is 470 g/mol. The van der Waals surface area contributed by atoms with Crippen LogP contribution in [0, 0.1) is 28.4 Å². The molecule has 0 atom stereocenters. The summed E-state index contributed by atoms with van der Waals surface area (Å²) in [6.45, 7) is 3.99. The summed E-state index contributed by atoms with van der Waals surface area (Å²) >= 11 is 0. The highest BCUT2D eigenvalue weighted by molar-refractivity contribution is 6.16. The summed E-state index contributed by atoms with van der Waals surface area (Å²) in [6.07, 6.45) is 5.56. The highest BCUT2D eigenvalue weighted by Crippen LogP contribution is 2.44. The van der Waals surface area contributed by atoms with Crippen molar-refractivity contribution in [2.75, 3.05) is 6.61 Å². The van der Waals surface area contributed by atoms with E-state index in [4.69, 9.17) is 9.47 Å². The van der Waals surface area contributed by atoms with Gasteiger partial charge in [0.1, 0.15) is 5.75 Å². The van der Waals surface area contributed by atoms with Crippen molar-refractivity contribution in [2.45, 2.75) is 52.0 Å². The topological polar surface area (TPSA) is 107 Å². The van der Waals surface area contributed by atoms with Crippen LogP contribution in [0.2, 0.25) is 0 Å². The summed E-state index contributed by atoms with van der Waals surface area (Å²) in [5.74, 6) is 0.0158. The van der Waals surface area contributed by atoms with E-state index in [9.17, 15) is 20.2 Å². The summed E-state index contributed by atoms with van der Waals surface area (Å²) in [5.41, 5.74) is 2.16. The van der Waals surface area contributed by atoms with E-state index in [-0.39, 0.29) is 29.6 Å². The molecule has 1 saturated carbocycles. The number of carbonyl (C=O) groups is 1. The van der Waals surface area contributed by atoms with E-state index in [0.29, 0.717) is 16.7 Å². The van der Waals surface area contributed by atoms with E-state index in [1.807, 2.05) is 37.3 Å². The van der Waals surface area contributed by atoms with Gasteiger partial charge >= 0.3 is 11.7 Å². The van der Waals surface area contributed by atoms with Gasteiger partial charge in [-0.1, -0.05) is 43.5 Å². The summed E-state index contributed by atoms with van der Waals surface area (Å²) in [4.78, 5) is 24.4. The van der Waals surface area contributed by atoms with Gasteiger partial charge in [-0.2, -0.15) is 5.26 Å². The number of rotatable bonds is 6. The van der Waals surface area contributed by atoms with Gasteiger partial charge in [0, 0.05) is 34.0 Å². The lowest BCUT2D eigenvalue weighted by molar-refractivity contribution is -0.385. The lowest BCUT2D eigenvalue weighted by atomic mass is 9.94. The molecule has 1 heterocycles. The maximum absolute atomic E-state index is 13.2. The number of aromatic nitrogens is 1. The number of hydrogen-bond donors (Lipinski definition) is 0. The van der Waals surface area contributed by atoms with Crippen molar-refractivity contribution in [1.82, 2.24) is 4.57 Å². The molecule has 0 bridgehead atoms. The largest absolute Gasteiger partial charge is 0.462 e. The third-order valence-corrected chi connectivity index (χ3v) is 7.14. The highest BCUT2D eigenvalue weighted by Gasteiger charge is 2.29. The normalized spacial score (nSPS) is 14.0. The second-order valence-corrected chi connectivity index (χ2v) is 9.31. The van der Waals surface area contributed by atoms with E-state index in [2.05, 4.69) is 4.57 Å². The van der Waals surface area contributed by atoms with E-state index in [0.717, 1.165) is 47.7 Å². The molecule has 188 valence electrons. The molecule has 0 radical (unpaired) electrons. The van der Waals surface area contributed by atoms with Crippen molar-refractivity contribution in [3.8, 4) is 17.6 Å². The molecule has 8 nitrogen and oxygen atoms in total. The van der Waals surface area contributed by atoms with E-state index in [1.165, 1.54) is 24.6 Å². The molecular formula is C29H27N3O5. The van der Waals surface area contributed by atoms with Gasteiger partial charge in [0.05, 0.1) is 34.2 Å². The molecule has 1 aliphatic rings. The number of nitro benzene ring substituents is 1. The predicted octanol–water partition coefficient (Wildman–Crippen LogP) is 7.36. The van der Waals surface area contributed by atoms with E-state index in [1.54, 1.807) is 13.0 Å². The minimum Gasteiger partial charge on any atom is -0.462 e. The molecule has 3 aromatic carbocycles. The fraction of sp³-hybridized carbons (Fsp3) is 0.310. The van der Waals surface area contributed by atoms with Gasteiger partial charge < -0.3 is 14.0 Å². The van der Waals surface area contributed by atoms with E-state index < -0.39 is 10.9 Å². The number of ether oxygens (including phenoxy) is 2. The van der Waals surface area contributed by atoms with Gasteiger partial charge in [-0.3, -0.25) is 10.1 Å². The zero-order valence-corrected chi connectivity index (χ0v) is 20.8. The Kier molecular flexibility index (Phi) is 6.53. The Morgan fingerprint density at radius 1 is 1.08 bits per heavy atom. The van der Waals surface area contributed by atoms with Gasteiger partial charge in [-0.15, -0.1) is 0 Å². The Bertz CT molecular complexity index is 1570. The molecule has 0 amide bonds. The summed E-state index contributed by atoms with van der Waals surface area (Å²) in [7, 11) is 0. The molecule has 5 rings (SSSR count). The monoisotopic (exact) mass is 497 g/mol. The number of nitrogens with zero attached hydrogens (tertiary/aromatic N) is 3. The quantitative estimate of drug-likeness (QED) is 0.156. The van der Waals surface area contributed by atoms with Crippen LogP contribution in [-0.4, -0.2) is 22.1 Å². The zero-order chi connectivity index (χ0) is 26.1. The Morgan fingerprint density at radius 2 is 1.81 bits per heavy atom. The van der Waals surface area contributed by atoms with Crippen LogP contribution in [0.25, 0.3) is 21.7 Å². The maximum atomic E-state index is 13.2. The molecule has 4 aromatic rings. The lowest BCUT2D eigenvalue weighted by Gasteiger charge is -2.26. The highest BCUT2D eigenvalue weighted by atomic mass is 16.6. The van der Waals surface area contributed by atoms with Crippen LogP contribution < -0.4 is 4.74 Å². The average molecular weight is 498 g/mol. The van der Waals surface area contributed by atoms with Crippen molar-refractivity contribution < 1.29 is 19.2 Å². The first-order valence-corrected chi connectivity index (χ1v) is 12.5. The molecule has 1 aliphatic carbocycles. The first-order chi connectivity index (χ1) is 17.9. The SMILES string of the molecule is CCOC(=O)c1c(C)n(C2CCCCC2)c2c1cc(Oc1ccc(C#N)cc1[N+](=O)[O-])c1ccccc12. The van der Waals surface area contributed by atoms with Crippen molar-refractivity contribution >= 4 is 33.3 Å². The molecule has 1 fully saturated rings. The Hall–Kier alpha value is -4.38. The Morgan fingerprint density at radius 3 is 2.49 bits per heavy atom. The van der Waals surface area contributed by atoms with Crippen LogP contribution >= 0.6 is 0 Å². The summed E-state index contributed by atoms with van der Waals surface area (Å²) < 4.78 is 13.9. The van der Waals surface area contributed by atoms with Crippen LogP contribution in [-0.2, 0) is 4.74 Å². The number of hydrogen-bond acceptors (Lipinski definition) is 6. The minimum atomic E-state index is -0.565. The van der Waals surface area contributed by atoms with Gasteiger partial charge in [-0.05, 0) is 44.9 Å². The molecule has 1 aromatic heterocycles. The molecule has 0 N–H and O–H groups in total. The standard InChI is InChI=1S/C29H27N3O5/c1-3-36-29(33)27-18(2)31(20-9-5-4-6-10-20)28-22-12-8-7-11-21(22)26(16-23(27)28)37-25-14-13-19(17-30)15-24(25)32(34)35/h7-8,11-16,20H,3-6,9-10H2,1-2H3. The second kappa shape index (κ2) is 9.94. The fourth-order valence-electron chi connectivity index (χ4n) is 5.54. The molecule has 0 aliphatic heterocycles. The first kappa shape index (κ1) is 24.3. The van der Waals surface area contributed by atoms with Crippen molar-refractivity contribution in [3.05, 3.63) is 75.5 Å². The molecule has 37 heavy (non-hydrogen) atoms. The molecule has 0 saturated heterocycles. The van der Waals surface area contributed by atoms with Gasteiger partial charge in [0.15, 0.2) is 0 Å². The van der Waals surface area contributed by atoms with Crippen molar-refractivity contribution in [1.29, 1.82) is 5.26 Å².